The van der Waals surface area contributed by atoms with Gasteiger partial charge in [0.15, 0.2) is 11.5 Å². The number of nitrogens with one attached hydrogen (secondary N) is 1. The molecule has 3 nitrogen and oxygen atoms in total. The lowest BCUT2D eigenvalue weighted by atomic mass is 10.00. The lowest BCUT2D eigenvalue weighted by Crippen LogP contribution is -2.17. The van der Waals surface area contributed by atoms with Crippen LogP contribution in [-0.2, 0) is 0 Å². The normalized spacial score (nSPS) is 12.3. The number of rotatable bonds is 8. The molecule has 0 aromatic heterocycles. The smallest absolute Gasteiger partial charge is 0.162 e. The minimum Gasteiger partial charge on any atom is -0.493 e. The van der Waals surface area contributed by atoms with Crippen molar-refractivity contribution in [1.29, 1.82) is 0 Å². The molecule has 1 aromatic rings. The summed E-state index contributed by atoms with van der Waals surface area (Å²) >= 11 is 6.35. The van der Waals surface area contributed by atoms with Crippen LogP contribution in [0.4, 0.5) is 0 Å². The molecule has 0 radical (unpaired) electrons. The topological polar surface area (TPSA) is 30.5 Å². The molecule has 0 bridgehead atoms. The van der Waals surface area contributed by atoms with E-state index in [2.05, 4.69) is 12.2 Å². The molecule has 0 amide bonds. The highest BCUT2D eigenvalue weighted by Gasteiger charge is 2.16. The minimum atomic E-state index is 0.249. The van der Waals surface area contributed by atoms with Gasteiger partial charge in [-0.15, -0.1) is 0 Å². The summed E-state index contributed by atoms with van der Waals surface area (Å²) in [7, 11) is 5.22. The predicted molar refractivity (Wildman–Crippen MR) is 80.5 cm³/mol. The summed E-state index contributed by atoms with van der Waals surface area (Å²) in [6.07, 6.45) is 4.71. The van der Waals surface area contributed by atoms with Crippen LogP contribution in [0.1, 0.15) is 44.2 Å². The first kappa shape index (κ1) is 16.1. The van der Waals surface area contributed by atoms with Crippen LogP contribution in [0.3, 0.4) is 0 Å². The molecular formula is C15H24ClNO2. The zero-order valence-electron chi connectivity index (χ0n) is 12.3. The molecule has 19 heavy (non-hydrogen) atoms. The third kappa shape index (κ3) is 4.29. The second-order valence-electron chi connectivity index (χ2n) is 4.57. The molecule has 1 atom stereocenters. The number of hydrogen-bond acceptors (Lipinski definition) is 3. The summed E-state index contributed by atoms with van der Waals surface area (Å²) in [6.45, 7) is 2.21. The summed E-state index contributed by atoms with van der Waals surface area (Å²) in [6, 6.07) is 4.03. The van der Waals surface area contributed by atoms with Gasteiger partial charge in [0.2, 0.25) is 0 Å². The summed E-state index contributed by atoms with van der Waals surface area (Å²) in [4.78, 5) is 0. The molecule has 1 unspecified atom stereocenters. The third-order valence-electron chi connectivity index (χ3n) is 3.32. The minimum absolute atomic E-state index is 0.249. The Morgan fingerprint density at radius 3 is 2.32 bits per heavy atom. The van der Waals surface area contributed by atoms with E-state index in [0.717, 1.165) is 17.7 Å². The molecule has 0 aliphatic heterocycles. The van der Waals surface area contributed by atoms with Crippen molar-refractivity contribution in [3.05, 3.63) is 22.7 Å². The average molecular weight is 286 g/mol. The lowest BCUT2D eigenvalue weighted by Gasteiger charge is -2.20. The van der Waals surface area contributed by atoms with Gasteiger partial charge >= 0.3 is 0 Å². The SMILES string of the molecule is CCCCCC(NC)c1cc(OC)c(OC)cc1Cl. The molecule has 0 saturated carbocycles. The maximum absolute atomic E-state index is 6.35. The maximum atomic E-state index is 6.35. The highest BCUT2D eigenvalue weighted by molar-refractivity contribution is 6.31. The van der Waals surface area contributed by atoms with Crippen LogP contribution in [0.2, 0.25) is 5.02 Å². The van der Waals surface area contributed by atoms with E-state index in [1.54, 1.807) is 14.2 Å². The van der Waals surface area contributed by atoms with E-state index >= 15 is 0 Å². The third-order valence-corrected chi connectivity index (χ3v) is 3.65. The average Bonchev–Trinajstić information content (AvgIpc) is 2.44. The maximum Gasteiger partial charge on any atom is 0.162 e. The second-order valence-corrected chi connectivity index (χ2v) is 4.97. The van der Waals surface area contributed by atoms with Gasteiger partial charge in [-0.2, -0.15) is 0 Å². The van der Waals surface area contributed by atoms with Gasteiger partial charge in [0.25, 0.3) is 0 Å². The van der Waals surface area contributed by atoms with Crippen molar-refractivity contribution in [2.24, 2.45) is 0 Å². The van der Waals surface area contributed by atoms with Gasteiger partial charge in [-0.1, -0.05) is 37.8 Å². The lowest BCUT2D eigenvalue weighted by molar-refractivity contribution is 0.353. The van der Waals surface area contributed by atoms with Gasteiger partial charge in [-0.05, 0) is 25.1 Å². The first-order valence-corrected chi connectivity index (χ1v) is 7.14. The standard InChI is InChI=1S/C15H24ClNO2/c1-5-6-7-8-13(17-2)11-9-14(18-3)15(19-4)10-12(11)16/h9-10,13,17H,5-8H2,1-4H3. The fourth-order valence-corrected chi connectivity index (χ4v) is 2.48. The molecule has 0 saturated heterocycles. The molecule has 0 fully saturated rings. The van der Waals surface area contributed by atoms with E-state index in [1.807, 2.05) is 19.2 Å². The largest absolute Gasteiger partial charge is 0.493 e. The van der Waals surface area contributed by atoms with Crippen LogP contribution in [0.15, 0.2) is 12.1 Å². The highest BCUT2D eigenvalue weighted by Crippen LogP contribution is 2.37. The Balaban J connectivity index is 2.96. The van der Waals surface area contributed by atoms with Gasteiger partial charge in [-0.25, -0.2) is 0 Å². The molecule has 0 aliphatic carbocycles. The van der Waals surface area contributed by atoms with E-state index in [0.29, 0.717) is 10.8 Å². The monoisotopic (exact) mass is 285 g/mol. The first-order chi connectivity index (χ1) is 9.17. The van der Waals surface area contributed by atoms with Crippen LogP contribution < -0.4 is 14.8 Å². The number of methoxy groups -OCH3 is 2. The second kappa shape index (κ2) is 8.28. The van der Waals surface area contributed by atoms with Gasteiger partial charge in [0.1, 0.15) is 0 Å². The zero-order valence-corrected chi connectivity index (χ0v) is 13.0. The van der Waals surface area contributed by atoms with Crippen LogP contribution in [0.25, 0.3) is 0 Å². The summed E-state index contributed by atoms with van der Waals surface area (Å²) in [5.74, 6) is 1.39. The molecule has 1 aromatic carbocycles. The van der Waals surface area contributed by atoms with Crippen LogP contribution in [-0.4, -0.2) is 21.3 Å². The zero-order chi connectivity index (χ0) is 14.3. The van der Waals surface area contributed by atoms with Crippen molar-refractivity contribution < 1.29 is 9.47 Å². The van der Waals surface area contributed by atoms with E-state index in [9.17, 15) is 0 Å². The van der Waals surface area contributed by atoms with Crippen molar-refractivity contribution in [3.8, 4) is 11.5 Å². The molecule has 0 aliphatic rings. The van der Waals surface area contributed by atoms with Crippen LogP contribution in [0.5, 0.6) is 11.5 Å². The van der Waals surface area contributed by atoms with E-state index in [1.165, 1.54) is 19.3 Å². The Morgan fingerprint density at radius 1 is 1.16 bits per heavy atom. The highest BCUT2D eigenvalue weighted by atomic mass is 35.5. The molecule has 1 rings (SSSR count). The van der Waals surface area contributed by atoms with Gasteiger partial charge in [0, 0.05) is 17.1 Å². The summed E-state index contributed by atoms with van der Waals surface area (Å²) in [5, 5.41) is 4.04. The first-order valence-electron chi connectivity index (χ1n) is 6.76. The molecule has 1 N–H and O–H groups in total. The van der Waals surface area contributed by atoms with Crippen molar-refractivity contribution in [2.45, 2.75) is 38.6 Å². The van der Waals surface area contributed by atoms with E-state index in [-0.39, 0.29) is 6.04 Å². The number of benzene rings is 1. The van der Waals surface area contributed by atoms with Crippen LogP contribution in [0, 0.1) is 0 Å². The molecular weight excluding hydrogens is 262 g/mol. The molecule has 4 heteroatoms. The fraction of sp³-hybridized carbons (Fsp3) is 0.600. The van der Waals surface area contributed by atoms with Gasteiger partial charge in [-0.3, -0.25) is 0 Å². The van der Waals surface area contributed by atoms with E-state index < -0.39 is 0 Å². The fourth-order valence-electron chi connectivity index (χ4n) is 2.19. The summed E-state index contributed by atoms with van der Waals surface area (Å²) in [5.41, 5.74) is 1.07. The number of halogens is 1. The van der Waals surface area contributed by atoms with Crippen LogP contribution >= 0.6 is 11.6 Å². The van der Waals surface area contributed by atoms with Crippen molar-refractivity contribution in [3.63, 3.8) is 0 Å². The Bertz CT molecular complexity index is 396. The van der Waals surface area contributed by atoms with Gasteiger partial charge < -0.3 is 14.8 Å². The number of ether oxygens (including phenoxy) is 2. The van der Waals surface area contributed by atoms with Crippen molar-refractivity contribution in [1.82, 2.24) is 5.32 Å². The van der Waals surface area contributed by atoms with E-state index in [4.69, 9.17) is 21.1 Å². The molecule has 0 heterocycles. The molecule has 108 valence electrons. The number of hydrogen-bond donors (Lipinski definition) is 1. The Kier molecular flexibility index (Phi) is 7.03. The molecule has 0 spiro atoms. The Hall–Kier alpha value is -0.930. The Labute approximate surface area is 121 Å². The summed E-state index contributed by atoms with van der Waals surface area (Å²) < 4.78 is 10.6. The Morgan fingerprint density at radius 2 is 1.79 bits per heavy atom. The van der Waals surface area contributed by atoms with Crippen molar-refractivity contribution in [2.75, 3.05) is 21.3 Å². The van der Waals surface area contributed by atoms with Gasteiger partial charge in [0.05, 0.1) is 14.2 Å². The van der Waals surface area contributed by atoms with Crippen molar-refractivity contribution >= 4 is 11.6 Å². The predicted octanol–water partition coefficient (Wildman–Crippen LogP) is 4.20. The number of unbranched alkanes of at least 4 members (excludes halogenated alkanes) is 2. The quantitative estimate of drug-likeness (QED) is 0.726.